The largest absolute Gasteiger partial charge is 0.488 e. The normalized spacial score (nSPS) is 11.3. The summed E-state index contributed by atoms with van der Waals surface area (Å²) in [5.41, 5.74) is 2.09. The van der Waals surface area contributed by atoms with E-state index in [1.807, 2.05) is 18.2 Å². The van der Waals surface area contributed by atoms with Crippen molar-refractivity contribution in [2.45, 2.75) is 19.6 Å². The van der Waals surface area contributed by atoms with Gasteiger partial charge in [-0.3, -0.25) is 0 Å². The summed E-state index contributed by atoms with van der Waals surface area (Å²) >= 11 is 12.3. The van der Waals surface area contributed by atoms with Gasteiger partial charge in [0.15, 0.2) is 0 Å². The van der Waals surface area contributed by atoms with Crippen molar-refractivity contribution in [2.24, 2.45) is 0 Å². The van der Waals surface area contributed by atoms with Crippen molar-refractivity contribution in [2.75, 3.05) is 27.2 Å². The highest BCUT2D eigenvalue weighted by Crippen LogP contribution is 2.30. The molecule has 0 radical (unpaired) electrons. The van der Waals surface area contributed by atoms with Crippen LogP contribution in [0.1, 0.15) is 17.5 Å². The van der Waals surface area contributed by atoms with Gasteiger partial charge in [0, 0.05) is 27.7 Å². The van der Waals surface area contributed by atoms with E-state index in [-0.39, 0.29) is 0 Å². The van der Waals surface area contributed by atoms with Gasteiger partial charge in [-0.25, -0.2) is 0 Å². The molecule has 0 aliphatic rings. The molecule has 0 unspecified atom stereocenters. The third-order valence-electron chi connectivity index (χ3n) is 4.66. The highest BCUT2D eigenvalue weighted by atomic mass is 35.5. The molecule has 148 valence electrons. The minimum absolute atomic E-state index is 0.405. The Kier molecular flexibility index (Phi) is 7.57. The van der Waals surface area contributed by atoms with Crippen molar-refractivity contribution in [3.63, 3.8) is 0 Å². The summed E-state index contributed by atoms with van der Waals surface area (Å²) in [6.07, 6.45) is 1.11. The Morgan fingerprint density at radius 3 is 2.61 bits per heavy atom. The lowest BCUT2D eigenvalue weighted by Gasteiger charge is -2.16. The molecule has 0 aromatic heterocycles. The molecule has 0 aliphatic carbocycles. The van der Waals surface area contributed by atoms with Crippen molar-refractivity contribution in [3.8, 4) is 5.75 Å². The zero-order valence-corrected chi connectivity index (χ0v) is 17.9. The van der Waals surface area contributed by atoms with Crippen molar-refractivity contribution in [3.05, 3.63) is 75.8 Å². The molecular weight excluding hydrogens is 391 g/mol. The maximum Gasteiger partial charge on any atom is 0.124 e. The van der Waals surface area contributed by atoms with E-state index in [1.54, 1.807) is 6.07 Å². The first kappa shape index (κ1) is 20.9. The lowest BCUT2D eigenvalue weighted by atomic mass is 10.0. The molecule has 0 saturated heterocycles. The van der Waals surface area contributed by atoms with Gasteiger partial charge in [-0.1, -0.05) is 59.6 Å². The monoisotopic (exact) mass is 416 g/mol. The fourth-order valence-corrected chi connectivity index (χ4v) is 3.62. The van der Waals surface area contributed by atoms with Gasteiger partial charge in [-0.15, -0.1) is 0 Å². The molecule has 0 heterocycles. The Balaban J connectivity index is 1.76. The summed E-state index contributed by atoms with van der Waals surface area (Å²) in [5, 5.41) is 7.23. The quantitative estimate of drug-likeness (QED) is 0.448. The summed E-state index contributed by atoms with van der Waals surface area (Å²) in [5.74, 6) is 0.879. The SMILES string of the molecule is CN(C)CCCNCc1c(OCc2ccc(Cl)cc2Cl)ccc2ccccc12. The second-order valence-electron chi connectivity index (χ2n) is 7.12. The predicted molar refractivity (Wildman–Crippen MR) is 120 cm³/mol. The number of hydrogen-bond acceptors (Lipinski definition) is 3. The summed E-state index contributed by atoms with van der Waals surface area (Å²) in [6, 6.07) is 18.0. The van der Waals surface area contributed by atoms with Crippen LogP contribution in [0, 0.1) is 0 Å². The zero-order valence-electron chi connectivity index (χ0n) is 16.3. The number of halogens is 2. The van der Waals surface area contributed by atoms with Gasteiger partial charge in [0.1, 0.15) is 12.4 Å². The van der Waals surface area contributed by atoms with Gasteiger partial charge in [0.25, 0.3) is 0 Å². The number of hydrogen-bond donors (Lipinski definition) is 1. The molecule has 0 atom stereocenters. The first-order valence-corrected chi connectivity index (χ1v) is 10.2. The van der Waals surface area contributed by atoms with Crippen LogP contribution in [0.15, 0.2) is 54.6 Å². The standard InChI is InChI=1S/C23H26Cl2N2O/c1-27(2)13-5-12-26-15-21-20-7-4-3-6-17(20)9-11-23(21)28-16-18-8-10-19(24)14-22(18)25/h3-4,6-11,14,26H,5,12-13,15-16H2,1-2H3. The van der Waals surface area contributed by atoms with Crippen molar-refractivity contribution < 1.29 is 4.74 Å². The molecule has 0 fully saturated rings. The molecule has 0 spiro atoms. The van der Waals surface area contributed by atoms with Crippen LogP contribution in [0.5, 0.6) is 5.75 Å². The molecule has 5 heteroatoms. The van der Waals surface area contributed by atoms with E-state index in [1.165, 1.54) is 16.3 Å². The van der Waals surface area contributed by atoms with E-state index in [0.717, 1.165) is 37.4 Å². The van der Waals surface area contributed by atoms with Crippen LogP contribution in [-0.2, 0) is 13.2 Å². The molecule has 0 aliphatic heterocycles. The van der Waals surface area contributed by atoms with Crippen LogP contribution in [-0.4, -0.2) is 32.1 Å². The van der Waals surface area contributed by atoms with Gasteiger partial charge in [0.2, 0.25) is 0 Å². The second-order valence-corrected chi connectivity index (χ2v) is 7.97. The maximum atomic E-state index is 6.29. The average molecular weight is 417 g/mol. The molecule has 3 rings (SSSR count). The average Bonchev–Trinajstić information content (AvgIpc) is 2.67. The topological polar surface area (TPSA) is 24.5 Å². The van der Waals surface area contributed by atoms with Gasteiger partial charge in [-0.05, 0) is 62.6 Å². The molecule has 3 aromatic rings. The van der Waals surface area contributed by atoms with Gasteiger partial charge < -0.3 is 15.0 Å². The van der Waals surface area contributed by atoms with Gasteiger partial charge in [-0.2, -0.15) is 0 Å². The third kappa shape index (κ3) is 5.62. The van der Waals surface area contributed by atoms with E-state index in [0.29, 0.717) is 16.7 Å². The summed E-state index contributed by atoms with van der Waals surface area (Å²) in [4.78, 5) is 2.20. The summed E-state index contributed by atoms with van der Waals surface area (Å²) < 4.78 is 6.17. The fourth-order valence-electron chi connectivity index (χ4n) is 3.16. The van der Waals surface area contributed by atoms with Gasteiger partial charge in [0.05, 0.1) is 0 Å². The molecule has 1 N–H and O–H groups in total. The van der Waals surface area contributed by atoms with Crippen molar-refractivity contribution >= 4 is 34.0 Å². The smallest absolute Gasteiger partial charge is 0.124 e. The van der Waals surface area contributed by atoms with E-state index in [9.17, 15) is 0 Å². The second kappa shape index (κ2) is 10.1. The summed E-state index contributed by atoms with van der Waals surface area (Å²) in [7, 11) is 4.19. The molecule has 28 heavy (non-hydrogen) atoms. The molecule has 3 aromatic carbocycles. The Hall–Kier alpha value is -1.78. The lowest BCUT2D eigenvalue weighted by molar-refractivity contribution is 0.302. The van der Waals surface area contributed by atoms with E-state index >= 15 is 0 Å². The predicted octanol–water partition coefficient (Wildman–Crippen LogP) is 5.77. The van der Waals surface area contributed by atoms with Crippen molar-refractivity contribution in [1.82, 2.24) is 10.2 Å². The Morgan fingerprint density at radius 1 is 1.00 bits per heavy atom. The highest BCUT2D eigenvalue weighted by Gasteiger charge is 2.10. The van der Waals surface area contributed by atoms with Crippen LogP contribution in [0.3, 0.4) is 0 Å². The first-order chi connectivity index (χ1) is 13.5. The molecule has 0 bridgehead atoms. The first-order valence-electron chi connectivity index (χ1n) is 9.47. The number of nitrogens with zero attached hydrogens (tertiary/aromatic N) is 1. The van der Waals surface area contributed by atoms with Crippen LogP contribution in [0.2, 0.25) is 10.0 Å². The van der Waals surface area contributed by atoms with Crippen LogP contribution < -0.4 is 10.1 Å². The highest BCUT2D eigenvalue weighted by molar-refractivity contribution is 6.35. The molecule has 3 nitrogen and oxygen atoms in total. The number of fused-ring (bicyclic) bond motifs is 1. The van der Waals surface area contributed by atoms with E-state index in [2.05, 4.69) is 54.6 Å². The van der Waals surface area contributed by atoms with Crippen molar-refractivity contribution in [1.29, 1.82) is 0 Å². The van der Waals surface area contributed by atoms with Crippen LogP contribution in [0.25, 0.3) is 10.8 Å². The molecule has 0 amide bonds. The van der Waals surface area contributed by atoms with Gasteiger partial charge >= 0.3 is 0 Å². The number of benzene rings is 3. The van der Waals surface area contributed by atoms with E-state index < -0.39 is 0 Å². The zero-order chi connectivity index (χ0) is 19.9. The number of rotatable bonds is 9. The molecule has 0 saturated carbocycles. The lowest BCUT2D eigenvalue weighted by Crippen LogP contribution is -2.21. The van der Waals surface area contributed by atoms with Crippen LogP contribution in [0.4, 0.5) is 0 Å². The minimum Gasteiger partial charge on any atom is -0.488 e. The number of nitrogens with one attached hydrogen (secondary N) is 1. The Bertz CT molecular complexity index is 928. The van der Waals surface area contributed by atoms with E-state index in [4.69, 9.17) is 27.9 Å². The Morgan fingerprint density at radius 2 is 1.82 bits per heavy atom. The maximum absolute atomic E-state index is 6.29. The number of ether oxygens (including phenoxy) is 1. The molecular formula is C23H26Cl2N2O. The third-order valence-corrected chi connectivity index (χ3v) is 5.24. The fraction of sp³-hybridized carbons (Fsp3) is 0.304. The van der Waals surface area contributed by atoms with Crippen LogP contribution >= 0.6 is 23.2 Å². The Labute approximate surface area is 177 Å². The minimum atomic E-state index is 0.405. The summed E-state index contributed by atoms with van der Waals surface area (Å²) in [6.45, 7) is 3.20.